The predicted octanol–water partition coefficient (Wildman–Crippen LogP) is 1.39. The highest BCUT2D eigenvalue weighted by Gasteiger charge is 2.05. The zero-order chi connectivity index (χ0) is 12.7. The molecule has 7 heteroatoms. The Bertz CT molecular complexity index is 391. The number of nitro groups is 1. The molecule has 1 aromatic heterocycles. The number of nitrogens with zero attached hydrogens (tertiary/aromatic N) is 3. The second kappa shape index (κ2) is 6.54. The van der Waals surface area contributed by atoms with Gasteiger partial charge in [-0.2, -0.15) is 0 Å². The largest absolute Gasteiger partial charge is 0.375 e. The number of aromatic nitrogens is 2. The molecule has 0 saturated heterocycles. The smallest absolute Gasteiger partial charge is 0.305 e. The van der Waals surface area contributed by atoms with E-state index in [2.05, 4.69) is 21.9 Å². The van der Waals surface area contributed by atoms with Crippen LogP contribution in [0.1, 0.15) is 6.92 Å². The van der Waals surface area contributed by atoms with Crippen molar-refractivity contribution in [2.75, 3.05) is 25.1 Å². The highest BCUT2D eigenvalue weighted by Crippen LogP contribution is 2.07. The lowest BCUT2D eigenvalue weighted by atomic mass is 10.4. The minimum Gasteiger partial charge on any atom is -0.375 e. The summed E-state index contributed by atoms with van der Waals surface area (Å²) >= 11 is 0. The van der Waals surface area contributed by atoms with E-state index in [0.717, 1.165) is 18.0 Å². The average molecular weight is 238 g/mol. The molecular weight excluding hydrogens is 224 g/mol. The molecule has 0 bridgehead atoms. The van der Waals surface area contributed by atoms with E-state index in [1.165, 1.54) is 0 Å². The summed E-state index contributed by atoms with van der Waals surface area (Å²) in [4.78, 5) is 17.4. The number of hydrogen-bond donors (Lipinski definition) is 1. The summed E-state index contributed by atoms with van der Waals surface area (Å²) in [5.41, 5.74) is 0.825. The Hall–Kier alpha value is -2.02. The van der Waals surface area contributed by atoms with Crippen molar-refractivity contribution in [2.45, 2.75) is 6.92 Å². The van der Waals surface area contributed by atoms with E-state index in [4.69, 9.17) is 4.74 Å². The molecule has 0 atom stereocenters. The van der Waals surface area contributed by atoms with Gasteiger partial charge >= 0.3 is 5.69 Å². The van der Waals surface area contributed by atoms with Crippen molar-refractivity contribution >= 4 is 11.6 Å². The third kappa shape index (κ3) is 5.03. The third-order valence-electron chi connectivity index (χ3n) is 1.73. The number of anilines is 1. The normalized spacial score (nSPS) is 9.94. The van der Waals surface area contributed by atoms with Crippen molar-refractivity contribution in [1.82, 2.24) is 9.97 Å². The fourth-order valence-corrected chi connectivity index (χ4v) is 0.988. The van der Waals surface area contributed by atoms with Gasteiger partial charge in [-0.25, -0.2) is 9.97 Å². The van der Waals surface area contributed by atoms with Gasteiger partial charge in [0.15, 0.2) is 0 Å². The molecule has 0 aliphatic carbocycles. The predicted molar refractivity (Wildman–Crippen MR) is 62.8 cm³/mol. The lowest BCUT2D eigenvalue weighted by molar-refractivity contribution is -0.385. The molecule has 1 rings (SSSR count). The average Bonchev–Trinajstić information content (AvgIpc) is 2.29. The molecule has 7 nitrogen and oxygen atoms in total. The Kier molecular flexibility index (Phi) is 5.02. The van der Waals surface area contributed by atoms with E-state index in [0.29, 0.717) is 25.7 Å². The molecule has 1 N–H and O–H groups in total. The molecule has 1 heterocycles. The molecule has 0 saturated carbocycles. The highest BCUT2D eigenvalue weighted by molar-refractivity contribution is 5.30. The van der Waals surface area contributed by atoms with E-state index >= 15 is 0 Å². The minimum absolute atomic E-state index is 0.130. The van der Waals surface area contributed by atoms with Crippen LogP contribution >= 0.6 is 0 Å². The van der Waals surface area contributed by atoms with Crippen LogP contribution in [0.15, 0.2) is 24.5 Å². The van der Waals surface area contributed by atoms with E-state index in [-0.39, 0.29) is 5.69 Å². The molecule has 0 unspecified atom stereocenters. The summed E-state index contributed by atoms with van der Waals surface area (Å²) in [6, 6.07) is 0. The standard InChI is InChI=1S/C10H14N4O3/c1-8(2)7-17-4-3-11-10-12-5-9(6-13-10)14(15)16/h5-6H,1,3-4,7H2,2H3,(H,11,12,13). The first-order chi connectivity index (χ1) is 8.09. The van der Waals surface area contributed by atoms with E-state index in [9.17, 15) is 10.1 Å². The molecular formula is C10H14N4O3. The second-order valence-electron chi connectivity index (χ2n) is 3.46. The fourth-order valence-electron chi connectivity index (χ4n) is 0.988. The van der Waals surface area contributed by atoms with Gasteiger partial charge < -0.3 is 10.1 Å². The van der Waals surface area contributed by atoms with Gasteiger partial charge in [-0.05, 0) is 6.92 Å². The van der Waals surface area contributed by atoms with Gasteiger partial charge in [0.25, 0.3) is 0 Å². The summed E-state index contributed by atoms with van der Waals surface area (Å²) in [5, 5.41) is 13.2. The number of ether oxygens (including phenoxy) is 1. The van der Waals surface area contributed by atoms with Crippen LogP contribution < -0.4 is 5.32 Å². The Morgan fingerprint density at radius 3 is 2.76 bits per heavy atom. The molecule has 0 aromatic carbocycles. The Morgan fingerprint density at radius 2 is 2.24 bits per heavy atom. The molecule has 0 aliphatic rings. The van der Waals surface area contributed by atoms with Gasteiger partial charge in [0, 0.05) is 6.54 Å². The Balaban J connectivity index is 2.27. The summed E-state index contributed by atoms with van der Waals surface area (Å²) in [6.07, 6.45) is 2.31. The first-order valence-corrected chi connectivity index (χ1v) is 5.02. The van der Waals surface area contributed by atoms with E-state index < -0.39 is 4.92 Å². The number of hydrogen-bond acceptors (Lipinski definition) is 6. The van der Waals surface area contributed by atoms with E-state index in [1.807, 2.05) is 6.92 Å². The second-order valence-corrected chi connectivity index (χ2v) is 3.46. The minimum atomic E-state index is -0.542. The van der Waals surface area contributed by atoms with Gasteiger partial charge in [0.2, 0.25) is 5.95 Å². The lowest BCUT2D eigenvalue weighted by Gasteiger charge is -2.05. The maximum Gasteiger partial charge on any atom is 0.305 e. The van der Waals surface area contributed by atoms with Crippen LogP contribution in [0, 0.1) is 10.1 Å². The quantitative estimate of drug-likeness (QED) is 0.334. The molecule has 0 amide bonds. The van der Waals surface area contributed by atoms with Crippen molar-refractivity contribution in [1.29, 1.82) is 0 Å². The summed E-state index contributed by atoms with van der Waals surface area (Å²) < 4.78 is 5.25. The van der Waals surface area contributed by atoms with Gasteiger partial charge in [-0.1, -0.05) is 12.2 Å². The van der Waals surface area contributed by atoms with Gasteiger partial charge in [-0.3, -0.25) is 10.1 Å². The van der Waals surface area contributed by atoms with Crippen LogP contribution in [-0.4, -0.2) is 34.6 Å². The highest BCUT2D eigenvalue weighted by atomic mass is 16.6. The van der Waals surface area contributed by atoms with Crippen LogP contribution in [0.5, 0.6) is 0 Å². The molecule has 0 fully saturated rings. The fraction of sp³-hybridized carbons (Fsp3) is 0.400. The van der Waals surface area contributed by atoms with E-state index in [1.54, 1.807) is 0 Å². The molecule has 0 spiro atoms. The van der Waals surface area contributed by atoms with Crippen molar-refractivity contribution in [3.05, 3.63) is 34.7 Å². The topological polar surface area (TPSA) is 90.2 Å². The van der Waals surface area contributed by atoms with Crippen LogP contribution in [0.2, 0.25) is 0 Å². The molecule has 17 heavy (non-hydrogen) atoms. The van der Waals surface area contributed by atoms with Gasteiger partial charge in [0.1, 0.15) is 12.4 Å². The zero-order valence-corrected chi connectivity index (χ0v) is 9.55. The lowest BCUT2D eigenvalue weighted by Crippen LogP contribution is -2.12. The molecule has 1 aromatic rings. The van der Waals surface area contributed by atoms with Crippen molar-refractivity contribution in [3.8, 4) is 0 Å². The van der Waals surface area contributed by atoms with Crippen LogP contribution in [0.4, 0.5) is 11.6 Å². The van der Waals surface area contributed by atoms with Crippen molar-refractivity contribution < 1.29 is 9.66 Å². The molecule has 0 radical (unpaired) electrons. The number of nitrogens with one attached hydrogen (secondary N) is 1. The summed E-state index contributed by atoms with van der Waals surface area (Å²) in [6.45, 7) is 7.13. The Morgan fingerprint density at radius 1 is 1.59 bits per heavy atom. The van der Waals surface area contributed by atoms with Crippen LogP contribution in [0.3, 0.4) is 0 Å². The maximum atomic E-state index is 10.4. The van der Waals surface area contributed by atoms with Crippen LogP contribution in [0.25, 0.3) is 0 Å². The molecule has 92 valence electrons. The zero-order valence-electron chi connectivity index (χ0n) is 9.55. The summed E-state index contributed by atoms with van der Waals surface area (Å²) in [7, 11) is 0. The number of rotatable bonds is 7. The monoisotopic (exact) mass is 238 g/mol. The van der Waals surface area contributed by atoms with Gasteiger partial charge in [0.05, 0.1) is 18.1 Å². The third-order valence-corrected chi connectivity index (χ3v) is 1.73. The maximum absolute atomic E-state index is 10.4. The Labute approximate surface area is 98.7 Å². The summed E-state index contributed by atoms with van der Waals surface area (Å²) in [5.74, 6) is 0.342. The SMILES string of the molecule is C=C(C)COCCNc1ncc([N+](=O)[O-])cn1. The van der Waals surface area contributed by atoms with Crippen molar-refractivity contribution in [2.24, 2.45) is 0 Å². The first kappa shape index (κ1) is 13.0. The van der Waals surface area contributed by atoms with Gasteiger partial charge in [-0.15, -0.1) is 0 Å². The first-order valence-electron chi connectivity index (χ1n) is 5.02. The van der Waals surface area contributed by atoms with Crippen molar-refractivity contribution in [3.63, 3.8) is 0 Å². The van der Waals surface area contributed by atoms with Crippen LogP contribution in [-0.2, 0) is 4.74 Å². The molecule has 0 aliphatic heterocycles.